The maximum absolute atomic E-state index is 12.7. The number of hydrogen-bond donors (Lipinski definition) is 1. The number of rotatable bonds is 3. The monoisotopic (exact) mass is 333 g/mol. The van der Waals surface area contributed by atoms with Crippen molar-refractivity contribution in [3.8, 4) is 0 Å². The van der Waals surface area contributed by atoms with Crippen LogP contribution in [-0.2, 0) is 0 Å². The van der Waals surface area contributed by atoms with Gasteiger partial charge in [-0.05, 0) is 37.1 Å². The minimum atomic E-state index is -1.07. The first-order valence-electron chi connectivity index (χ1n) is 7.37. The van der Waals surface area contributed by atoms with Crippen LogP contribution in [0, 0.1) is 0 Å². The van der Waals surface area contributed by atoms with Crippen LogP contribution in [0.15, 0.2) is 36.7 Å². The number of carboxylic acids is 1. The smallest absolute Gasteiger partial charge is 0.335 e. The summed E-state index contributed by atoms with van der Waals surface area (Å²) in [6.45, 7) is 1.23. The first kappa shape index (κ1) is 15.6. The Kier molecular flexibility index (Phi) is 4.34. The molecule has 120 valence electrons. The summed E-state index contributed by atoms with van der Waals surface area (Å²) in [6.07, 6.45) is 5.48. The molecule has 1 atom stereocenters. The number of benzene rings is 1. The molecule has 1 unspecified atom stereocenters. The van der Waals surface area contributed by atoms with E-state index in [1.165, 1.54) is 18.2 Å². The molecular formula is C16H16ClN3O3. The van der Waals surface area contributed by atoms with E-state index in [0.29, 0.717) is 18.7 Å². The minimum Gasteiger partial charge on any atom is -0.478 e. The van der Waals surface area contributed by atoms with Gasteiger partial charge in [-0.15, -0.1) is 0 Å². The lowest BCUT2D eigenvalue weighted by atomic mass is 10.0. The van der Waals surface area contributed by atoms with E-state index in [1.54, 1.807) is 11.1 Å². The Morgan fingerprint density at radius 2 is 2.17 bits per heavy atom. The first-order chi connectivity index (χ1) is 11.1. The number of piperidine rings is 1. The van der Waals surface area contributed by atoms with Gasteiger partial charge < -0.3 is 10.0 Å². The standard InChI is InChI=1S/C16H16ClN3O3/c17-14-9-11(16(22)23)4-5-13(14)15(21)19-7-1-3-12(10-19)20-8-2-6-18-20/h2,4-6,8-9,12H,1,3,7,10H2,(H,22,23). The normalized spacial score (nSPS) is 18.0. The van der Waals surface area contributed by atoms with Crippen LogP contribution in [0.4, 0.5) is 0 Å². The van der Waals surface area contributed by atoms with E-state index in [4.69, 9.17) is 16.7 Å². The highest BCUT2D eigenvalue weighted by Gasteiger charge is 2.27. The van der Waals surface area contributed by atoms with Crippen molar-refractivity contribution in [2.75, 3.05) is 13.1 Å². The first-order valence-corrected chi connectivity index (χ1v) is 7.75. The Balaban J connectivity index is 1.78. The summed E-state index contributed by atoms with van der Waals surface area (Å²) in [6, 6.07) is 6.20. The average Bonchev–Trinajstić information content (AvgIpc) is 3.08. The lowest BCUT2D eigenvalue weighted by molar-refractivity contribution is 0.0667. The molecule has 6 nitrogen and oxygen atoms in total. The van der Waals surface area contributed by atoms with Crippen molar-refractivity contribution in [3.05, 3.63) is 52.8 Å². The number of likely N-dealkylation sites (tertiary alicyclic amines) is 1. The van der Waals surface area contributed by atoms with Crippen molar-refractivity contribution in [3.63, 3.8) is 0 Å². The van der Waals surface area contributed by atoms with Crippen molar-refractivity contribution in [2.45, 2.75) is 18.9 Å². The highest BCUT2D eigenvalue weighted by molar-refractivity contribution is 6.34. The molecule has 2 heterocycles. The van der Waals surface area contributed by atoms with E-state index >= 15 is 0 Å². The van der Waals surface area contributed by atoms with Crippen LogP contribution in [0.3, 0.4) is 0 Å². The Hall–Kier alpha value is -2.34. The molecule has 0 aliphatic carbocycles. The highest BCUT2D eigenvalue weighted by atomic mass is 35.5. The van der Waals surface area contributed by atoms with Gasteiger partial charge in [-0.25, -0.2) is 4.79 Å². The van der Waals surface area contributed by atoms with E-state index in [9.17, 15) is 9.59 Å². The molecule has 7 heteroatoms. The van der Waals surface area contributed by atoms with E-state index in [2.05, 4.69) is 5.10 Å². The molecule has 3 rings (SSSR count). The van der Waals surface area contributed by atoms with Crippen molar-refractivity contribution in [1.82, 2.24) is 14.7 Å². The van der Waals surface area contributed by atoms with Crippen molar-refractivity contribution < 1.29 is 14.7 Å². The summed E-state index contributed by atoms with van der Waals surface area (Å²) in [4.78, 5) is 25.4. The number of carboxylic acid groups (broad SMARTS) is 1. The van der Waals surface area contributed by atoms with E-state index < -0.39 is 5.97 Å². The van der Waals surface area contributed by atoms with Crippen LogP contribution in [-0.4, -0.2) is 44.8 Å². The second-order valence-electron chi connectivity index (χ2n) is 5.53. The van der Waals surface area contributed by atoms with Crippen LogP contribution < -0.4 is 0 Å². The van der Waals surface area contributed by atoms with Crippen molar-refractivity contribution in [2.24, 2.45) is 0 Å². The van der Waals surface area contributed by atoms with Gasteiger partial charge in [0.25, 0.3) is 5.91 Å². The third-order valence-electron chi connectivity index (χ3n) is 4.03. The molecule has 1 saturated heterocycles. The number of aromatic carboxylic acids is 1. The maximum Gasteiger partial charge on any atom is 0.335 e. The number of hydrogen-bond acceptors (Lipinski definition) is 3. The van der Waals surface area contributed by atoms with Crippen LogP contribution in [0.1, 0.15) is 39.6 Å². The summed E-state index contributed by atoms with van der Waals surface area (Å²) in [7, 11) is 0. The molecule has 0 saturated carbocycles. The van der Waals surface area contributed by atoms with Gasteiger partial charge in [0, 0.05) is 25.5 Å². The molecule has 1 N–H and O–H groups in total. The van der Waals surface area contributed by atoms with Crippen molar-refractivity contribution in [1.29, 1.82) is 0 Å². The zero-order valence-corrected chi connectivity index (χ0v) is 13.1. The lowest BCUT2D eigenvalue weighted by Crippen LogP contribution is -2.41. The maximum atomic E-state index is 12.7. The highest BCUT2D eigenvalue weighted by Crippen LogP contribution is 2.25. The summed E-state index contributed by atoms with van der Waals surface area (Å²) >= 11 is 6.10. The van der Waals surface area contributed by atoms with E-state index in [0.717, 1.165) is 12.8 Å². The number of carbonyl (C=O) groups is 2. The van der Waals surface area contributed by atoms with Crippen molar-refractivity contribution >= 4 is 23.5 Å². The number of amides is 1. The topological polar surface area (TPSA) is 75.4 Å². The zero-order chi connectivity index (χ0) is 16.4. The molecule has 1 fully saturated rings. The SMILES string of the molecule is O=C(O)c1ccc(C(=O)N2CCCC(n3cccn3)C2)c(Cl)c1. The zero-order valence-electron chi connectivity index (χ0n) is 12.4. The molecule has 0 radical (unpaired) electrons. The minimum absolute atomic E-state index is 0.0691. The Morgan fingerprint density at radius 3 is 2.83 bits per heavy atom. The van der Waals surface area contributed by atoms with Gasteiger partial charge in [0.2, 0.25) is 0 Å². The Morgan fingerprint density at radius 1 is 1.35 bits per heavy atom. The molecule has 1 aliphatic heterocycles. The van der Waals surface area contributed by atoms with E-state index in [1.807, 2.05) is 16.9 Å². The number of aromatic nitrogens is 2. The third-order valence-corrected chi connectivity index (χ3v) is 4.34. The molecule has 1 aromatic heterocycles. The average molecular weight is 334 g/mol. The van der Waals surface area contributed by atoms with Gasteiger partial charge in [0.1, 0.15) is 0 Å². The fourth-order valence-corrected chi connectivity index (χ4v) is 3.11. The predicted molar refractivity (Wildman–Crippen MR) is 84.8 cm³/mol. The van der Waals surface area contributed by atoms with Crippen LogP contribution in [0.25, 0.3) is 0 Å². The Bertz CT molecular complexity index is 730. The molecular weight excluding hydrogens is 318 g/mol. The molecule has 0 spiro atoms. The lowest BCUT2D eigenvalue weighted by Gasteiger charge is -2.33. The summed E-state index contributed by atoms with van der Waals surface area (Å²) < 4.78 is 1.87. The number of carbonyl (C=O) groups excluding carboxylic acids is 1. The molecule has 1 amide bonds. The summed E-state index contributed by atoms with van der Waals surface area (Å²) in [5, 5.41) is 13.4. The van der Waals surface area contributed by atoms with Crippen LogP contribution in [0.5, 0.6) is 0 Å². The summed E-state index contributed by atoms with van der Waals surface area (Å²) in [5.41, 5.74) is 0.400. The molecule has 0 bridgehead atoms. The largest absolute Gasteiger partial charge is 0.478 e. The quantitative estimate of drug-likeness (QED) is 0.937. The van der Waals surface area contributed by atoms with E-state index in [-0.39, 0.29) is 22.5 Å². The third kappa shape index (κ3) is 3.22. The number of halogens is 1. The fraction of sp³-hybridized carbons (Fsp3) is 0.312. The van der Waals surface area contributed by atoms with Gasteiger partial charge in [-0.1, -0.05) is 11.6 Å². The number of nitrogens with zero attached hydrogens (tertiary/aromatic N) is 3. The second-order valence-corrected chi connectivity index (χ2v) is 5.94. The molecule has 1 aliphatic rings. The van der Waals surface area contributed by atoms with Crippen LogP contribution in [0.2, 0.25) is 5.02 Å². The molecule has 1 aromatic carbocycles. The van der Waals surface area contributed by atoms with Gasteiger partial charge in [0.05, 0.1) is 22.2 Å². The fourth-order valence-electron chi connectivity index (χ4n) is 2.84. The summed E-state index contributed by atoms with van der Waals surface area (Å²) in [5.74, 6) is -1.24. The molecule has 2 aromatic rings. The van der Waals surface area contributed by atoms with Gasteiger partial charge >= 0.3 is 5.97 Å². The van der Waals surface area contributed by atoms with Gasteiger partial charge in [0.15, 0.2) is 0 Å². The second kappa shape index (κ2) is 6.42. The van der Waals surface area contributed by atoms with Gasteiger partial charge in [-0.3, -0.25) is 9.48 Å². The predicted octanol–water partition coefficient (Wildman–Crippen LogP) is 2.71. The van der Waals surface area contributed by atoms with Crippen LogP contribution >= 0.6 is 11.6 Å². The van der Waals surface area contributed by atoms with Gasteiger partial charge in [-0.2, -0.15) is 5.10 Å². The Labute approximate surface area is 138 Å². The molecule has 23 heavy (non-hydrogen) atoms.